The molecule has 0 aliphatic carbocycles. The van der Waals surface area contributed by atoms with Crippen LogP contribution in [0.15, 0.2) is 17.3 Å². The van der Waals surface area contributed by atoms with E-state index in [9.17, 15) is 9.59 Å². The third-order valence-electron chi connectivity index (χ3n) is 3.71. The molecule has 1 aliphatic heterocycles. The smallest absolute Gasteiger partial charge is 0.255 e. The highest BCUT2D eigenvalue weighted by Crippen LogP contribution is 2.31. The minimum atomic E-state index is -0.569. The minimum Gasteiger partial charge on any atom is -0.383 e. The molecule has 126 valence electrons. The molecule has 8 nitrogen and oxygen atoms in total. The van der Waals surface area contributed by atoms with Gasteiger partial charge in [0.15, 0.2) is 0 Å². The number of halogens is 1. The zero-order valence-electron chi connectivity index (χ0n) is 12.9. The van der Waals surface area contributed by atoms with Crippen LogP contribution in [0.2, 0.25) is 0 Å². The van der Waals surface area contributed by atoms with Crippen molar-refractivity contribution in [3.05, 3.63) is 22.8 Å². The number of carbonyl (C=O) groups is 2. The molecule has 1 aliphatic rings. The molecule has 1 fully saturated rings. The first-order chi connectivity index (χ1) is 11.0. The van der Waals surface area contributed by atoms with Gasteiger partial charge in [0.2, 0.25) is 5.91 Å². The molecule has 23 heavy (non-hydrogen) atoms. The highest BCUT2D eigenvalue weighted by Gasteiger charge is 2.31. The minimum absolute atomic E-state index is 0.0339. The third kappa shape index (κ3) is 3.73. The summed E-state index contributed by atoms with van der Waals surface area (Å²) in [4.78, 5) is 25.1. The molecule has 0 unspecified atom stereocenters. The Morgan fingerprint density at radius 1 is 1.61 bits per heavy atom. The van der Waals surface area contributed by atoms with E-state index in [1.165, 1.54) is 6.08 Å². The molecule has 1 aromatic heterocycles. The maximum Gasteiger partial charge on any atom is 0.255 e. The fourth-order valence-electron chi connectivity index (χ4n) is 2.60. The fourth-order valence-corrected chi connectivity index (χ4v) is 3.16. The van der Waals surface area contributed by atoms with Gasteiger partial charge >= 0.3 is 0 Å². The van der Waals surface area contributed by atoms with Gasteiger partial charge in [0, 0.05) is 26.7 Å². The average molecular weight is 386 g/mol. The first kappa shape index (κ1) is 17.5. The molecule has 1 aromatic rings. The molecule has 0 bridgehead atoms. The predicted molar refractivity (Wildman–Crippen MR) is 89.2 cm³/mol. The van der Waals surface area contributed by atoms with Crippen molar-refractivity contribution in [3.63, 3.8) is 0 Å². The van der Waals surface area contributed by atoms with E-state index in [4.69, 9.17) is 10.5 Å². The highest BCUT2D eigenvalue weighted by atomic mass is 79.9. The second-order valence-corrected chi connectivity index (χ2v) is 5.92. The van der Waals surface area contributed by atoms with Gasteiger partial charge in [-0.3, -0.25) is 9.59 Å². The van der Waals surface area contributed by atoms with Crippen LogP contribution >= 0.6 is 15.9 Å². The van der Waals surface area contributed by atoms with Gasteiger partial charge in [-0.1, -0.05) is 6.58 Å². The quantitative estimate of drug-likeness (QED) is 0.532. The van der Waals surface area contributed by atoms with Crippen LogP contribution in [0.5, 0.6) is 0 Å². The molecular formula is C14H20BrN5O3. The van der Waals surface area contributed by atoms with Crippen molar-refractivity contribution >= 4 is 33.6 Å². The Balaban J connectivity index is 2.27. The zero-order chi connectivity index (χ0) is 17.0. The van der Waals surface area contributed by atoms with Crippen molar-refractivity contribution in [2.45, 2.75) is 12.5 Å². The van der Waals surface area contributed by atoms with Crippen LogP contribution in [0, 0.1) is 0 Å². The number of nitrogens with two attached hydrogens (primary N) is 1. The number of hydrogen-bond donors (Lipinski definition) is 2. The zero-order valence-corrected chi connectivity index (χ0v) is 14.5. The number of likely N-dealkylation sites (tertiary alicyclic amines) is 1. The molecule has 1 atom stereocenters. The number of nitrogens with one attached hydrogen (secondary N) is 1. The number of nitrogens with zero attached hydrogens (tertiary/aromatic N) is 3. The lowest BCUT2D eigenvalue weighted by Gasteiger charge is -2.17. The Bertz CT molecular complexity index is 616. The summed E-state index contributed by atoms with van der Waals surface area (Å²) in [5.41, 5.74) is 5.76. The van der Waals surface area contributed by atoms with Crippen LogP contribution in [0.25, 0.3) is 0 Å². The van der Waals surface area contributed by atoms with Crippen LogP contribution < -0.4 is 11.1 Å². The lowest BCUT2D eigenvalue weighted by atomic mass is 10.2. The summed E-state index contributed by atoms with van der Waals surface area (Å²) in [6.07, 6.45) is 2.04. The summed E-state index contributed by atoms with van der Waals surface area (Å²) in [6, 6.07) is -0.0339. The summed E-state index contributed by atoms with van der Waals surface area (Å²) in [5, 5.41) is 7.52. The maximum atomic E-state index is 11.7. The van der Waals surface area contributed by atoms with Gasteiger partial charge in [-0.25, -0.2) is 4.68 Å². The van der Waals surface area contributed by atoms with Crippen molar-refractivity contribution < 1.29 is 14.3 Å². The number of anilines is 1. The first-order valence-corrected chi connectivity index (χ1v) is 8.00. The molecule has 0 radical (unpaired) electrons. The third-order valence-corrected chi connectivity index (χ3v) is 4.26. The van der Waals surface area contributed by atoms with Gasteiger partial charge in [0.05, 0.1) is 12.6 Å². The normalized spacial score (nSPS) is 17.3. The van der Waals surface area contributed by atoms with E-state index in [0.717, 1.165) is 6.42 Å². The number of methoxy groups -OCH3 is 1. The van der Waals surface area contributed by atoms with Gasteiger partial charge in [-0.15, -0.1) is 0 Å². The number of carbonyl (C=O) groups excluding carboxylic acids is 2. The molecule has 0 aromatic carbocycles. The van der Waals surface area contributed by atoms with E-state index in [-0.39, 0.29) is 11.9 Å². The Morgan fingerprint density at radius 2 is 2.35 bits per heavy atom. The maximum absolute atomic E-state index is 11.7. The largest absolute Gasteiger partial charge is 0.383 e. The molecule has 9 heteroatoms. The van der Waals surface area contributed by atoms with Crippen molar-refractivity contribution in [1.82, 2.24) is 14.7 Å². The van der Waals surface area contributed by atoms with E-state index in [1.807, 2.05) is 0 Å². The van der Waals surface area contributed by atoms with Gasteiger partial charge in [0.25, 0.3) is 5.91 Å². The van der Waals surface area contributed by atoms with Crippen LogP contribution in [-0.4, -0.2) is 59.8 Å². The van der Waals surface area contributed by atoms with Gasteiger partial charge in [-0.05, 0) is 28.4 Å². The van der Waals surface area contributed by atoms with E-state index in [2.05, 4.69) is 32.9 Å². The molecule has 3 N–H and O–H groups in total. The number of aromatic nitrogens is 2. The van der Waals surface area contributed by atoms with Crippen molar-refractivity contribution in [1.29, 1.82) is 0 Å². The summed E-state index contributed by atoms with van der Waals surface area (Å²) in [7, 11) is 1.60. The molecule has 1 saturated heterocycles. The van der Waals surface area contributed by atoms with E-state index in [0.29, 0.717) is 42.2 Å². The second kappa shape index (κ2) is 7.60. The SMILES string of the molecule is C=CC(=O)N1CC[C@H](n2nc(Br)c(C(N)=O)c2NCCOC)C1. The molecule has 0 spiro atoms. The predicted octanol–water partition coefficient (Wildman–Crippen LogP) is 0.762. The first-order valence-electron chi connectivity index (χ1n) is 7.21. The lowest BCUT2D eigenvalue weighted by molar-refractivity contribution is -0.125. The topological polar surface area (TPSA) is 102 Å². The lowest BCUT2D eigenvalue weighted by Crippen LogP contribution is -2.28. The van der Waals surface area contributed by atoms with Crippen LogP contribution in [0.4, 0.5) is 5.82 Å². The summed E-state index contributed by atoms with van der Waals surface area (Å²) in [5.74, 6) is -0.137. The van der Waals surface area contributed by atoms with Crippen LogP contribution in [-0.2, 0) is 9.53 Å². The fraction of sp³-hybridized carbons (Fsp3) is 0.500. The van der Waals surface area contributed by atoms with Gasteiger partial charge in [0.1, 0.15) is 16.0 Å². The van der Waals surface area contributed by atoms with Gasteiger partial charge in [-0.2, -0.15) is 5.10 Å². The monoisotopic (exact) mass is 385 g/mol. The van der Waals surface area contributed by atoms with E-state index < -0.39 is 5.91 Å². The van der Waals surface area contributed by atoms with Crippen molar-refractivity contribution in [2.75, 3.05) is 38.7 Å². The standard InChI is InChI=1S/C14H20BrN5O3/c1-3-10(21)19-6-4-9(8-19)20-14(17-5-7-23-2)11(13(16)22)12(15)18-20/h3,9,17H,1,4-8H2,2H3,(H2,16,22)/t9-/m0/s1. The Morgan fingerprint density at radius 3 is 2.96 bits per heavy atom. The van der Waals surface area contributed by atoms with E-state index in [1.54, 1.807) is 16.7 Å². The van der Waals surface area contributed by atoms with Crippen molar-refractivity contribution in [3.8, 4) is 0 Å². The van der Waals surface area contributed by atoms with Gasteiger partial charge < -0.3 is 20.7 Å². The number of rotatable bonds is 7. The van der Waals surface area contributed by atoms with Crippen molar-refractivity contribution in [2.24, 2.45) is 5.73 Å². The highest BCUT2D eigenvalue weighted by molar-refractivity contribution is 9.10. The summed E-state index contributed by atoms with van der Waals surface area (Å²) < 4.78 is 7.12. The molecular weight excluding hydrogens is 366 g/mol. The Hall–Kier alpha value is -1.87. The Labute approximate surface area is 142 Å². The molecule has 2 rings (SSSR count). The summed E-state index contributed by atoms with van der Waals surface area (Å²) in [6.45, 7) is 5.62. The number of amides is 2. The molecule has 2 amide bonds. The second-order valence-electron chi connectivity index (χ2n) is 5.17. The average Bonchev–Trinajstić information content (AvgIpc) is 3.11. The summed E-state index contributed by atoms with van der Waals surface area (Å²) >= 11 is 3.28. The van der Waals surface area contributed by atoms with Crippen LogP contribution in [0.1, 0.15) is 22.8 Å². The molecule has 2 heterocycles. The Kier molecular flexibility index (Phi) is 5.78. The number of ether oxygens (including phenoxy) is 1. The molecule has 0 saturated carbocycles. The number of primary amides is 1. The van der Waals surface area contributed by atoms with E-state index >= 15 is 0 Å². The number of hydrogen-bond acceptors (Lipinski definition) is 5. The van der Waals surface area contributed by atoms with Crippen LogP contribution in [0.3, 0.4) is 0 Å².